The molecule has 142 valence electrons. The SMILES string of the molecule is COc1c(CS(=O)c2ccccc2)sc(CS(=O)c2ccccc2)c1OC. The fourth-order valence-corrected chi connectivity index (χ4v) is 6.59. The first-order valence-electron chi connectivity index (χ1n) is 8.23. The number of hydrogen-bond donors (Lipinski definition) is 0. The van der Waals surface area contributed by atoms with E-state index < -0.39 is 21.6 Å². The highest BCUT2D eigenvalue weighted by molar-refractivity contribution is 7.84. The highest BCUT2D eigenvalue weighted by Crippen LogP contribution is 2.44. The number of rotatable bonds is 8. The van der Waals surface area contributed by atoms with Crippen LogP contribution in [-0.4, -0.2) is 22.6 Å². The van der Waals surface area contributed by atoms with Crippen molar-refractivity contribution in [2.24, 2.45) is 0 Å². The monoisotopic (exact) mass is 420 g/mol. The zero-order chi connectivity index (χ0) is 19.2. The molecule has 4 nitrogen and oxygen atoms in total. The summed E-state index contributed by atoms with van der Waals surface area (Å²) in [5.41, 5.74) is 0. The Labute approximate surface area is 168 Å². The van der Waals surface area contributed by atoms with Crippen molar-refractivity contribution in [1.82, 2.24) is 0 Å². The summed E-state index contributed by atoms with van der Waals surface area (Å²) in [6.07, 6.45) is 0. The summed E-state index contributed by atoms with van der Waals surface area (Å²) in [5, 5.41) is 0. The summed E-state index contributed by atoms with van der Waals surface area (Å²) < 4.78 is 36.4. The minimum absolute atomic E-state index is 0.326. The minimum Gasteiger partial charge on any atom is -0.492 e. The summed E-state index contributed by atoms with van der Waals surface area (Å²) in [4.78, 5) is 3.19. The van der Waals surface area contributed by atoms with Gasteiger partial charge in [0.2, 0.25) is 0 Å². The summed E-state index contributed by atoms with van der Waals surface area (Å²) in [5.74, 6) is 1.80. The van der Waals surface area contributed by atoms with E-state index in [-0.39, 0.29) is 0 Å². The number of hydrogen-bond acceptors (Lipinski definition) is 5. The summed E-state index contributed by atoms with van der Waals surface area (Å²) in [7, 11) is 0.748. The van der Waals surface area contributed by atoms with Gasteiger partial charge in [0.05, 0.1) is 57.1 Å². The van der Waals surface area contributed by atoms with Gasteiger partial charge in [0, 0.05) is 9.79 Å². The highest BCUT2D eigenvalue weighted by Gasteiger charge is 2.23. The third-order valence-electron chi connectivity index (χ3n) is 3.90. The van der Waals surface area contributed by atoms with Crippen molar-refractivity contribution in [3.63, 3.8) is 0 Å². The van der Waals surface area contributed by atoms with E-state index in [1.165, 1.54) is 11.3 Å². The molecule has 0 amide bonds. The van der Waals surface area contributed by atoms with Gasteiger partial charge in [0.1, 0.15) is 0 Å². The van der Waals surface area contributed by atoms with Crippen molar-refractivity contribution in [3.05, 3.63) is 70.4 Å². The minimum atomic E-state index is -1.19. The Bertz CT molecular complexity index is 861. The van der Waals surface area contributed by atoms with Crippen LogP contribution in [-0.2, 0) is 33.1 Å². The Balaban J connectivity index is 1.87. The second kappa shape index (κ2) is 9.30. The number of thiophene rings is 1. The Morgan fingerprint density at radius 1 is 0.704 bits per heavy atom. The molecule has 0 bridgehead atoms. The Hall–Kier alpha value is -1.96. The van der Waals surface area contributed by atoms with Crippen molar-refractivity contribution in [2.45, 2.75) is 21.3 Å². The molecular weight excluding hydrogens is 400 g/mol. The molecule has 0 spiro atoms. The van der Waals surface area contributed by atoms with E-state index in [1.807, 2.05) is 60.7 Å². The largest absolute Gasteiger partial charge is 0.492 e. The predicted molar refractivity (Wildman–Crippen MR) is 111 cm³/mol. The van der Waals surface area contributed by atoms with E-state index in [1.54, 1.807) is 14.2 Å². The quantitative estimate of drug-likeness (QED) is 0.543. The van der Waals surface area contributed by atoms with E-state index in [0.717, 1.165) is 19.5 Å². The number of benzene rings is 2. The first kappa shape index (κ1) is 19.8. The normalized spacial score (nSPS) is 13.1. The van der Waals surface area contributed by atoms with Gasteiger partial charge in [-0.2, -0.15) is 0 Å². The van der Waals surface area contributed by atoms with Crippen LogP contribution in [0.3, 0.4) is 0 Å². The van der Waals surface area contributed by atoms with Gasteiger partial charge < -0.3 is 9.47 Å². The molecule has 0 radical (unpaired) electrons. The van der Waals surface area contributed by atoms with Crippen molar-refractivity contribution in [1.29, 1.82) is 0 Å². The maximum absolute atomic E-state index is 12.7. The van der Waals surface area contributed by atoms with Gasteiger partial charge in [-0.05, 0) is 24.3 Å². The molecule has 0 aliphatic heterocycles. The maximum Gasteiger partial charge on any atom is 0.175 e. The van der Waals surface area contributed by atoms with Crippen LogP contribution in [0.4, 0.5) is 0 Å². The van der Waals surface area contributed by atoms with Crippen LogP contribution < -0.4 is 9.47 Å². The van der Waals surface area contributed by atoms with Crippen LogP contribution in [0.25, 0.3) is 0 Å². The van der Waals surface area contributed by atoms with Crippen LogP contribution in [0.1, 0.15) is 9.75 Å². The molecule has 0 aliphatic carbocycles. The fourth-order valence-electron chi connectivity index (χ4n) is 2.65. The molecule has 2 unspecified atom stereocenters. The Morgan fingerprint density at radius 2 is 1.07 bits per heavy atom. The Kier molecular flexibility index (Phi) is 6.82. The van der Waals surface area contributed by atoms with E-state index in [0.29, 0.717) is 23.0 Å². The van der Waals surface area contributed by atoms with E-state index >= 15 is 0 Å². The predicted octanol–water partition coefficient (Wildman–Crippen LogP) is 4.38. The van der Waals surface area contributed by atoms with Gasteiger partial charge in [-0.25, -0.2) is 0 Å². The van der Waals surface area contributed by atoms with Crippen LogP contribution in [0.15, 0.2) is 70.5 Å². The van der Waals surface area contributed by atoms with Gasteiger partial charge in [-0.1, -0.05) is 36.4 Å². The molecule has 2 aromatic carbocycles. The molecule has 0 saturated heterocycles. The maximum atomic E-state index is 12.7. The van der Waals surface area contributed by atoms with Crippen LogP contribution in [0.5, 0.6) is 11.5 Å². The molecule has 2 atom stereocenters. The number of methoxy groups -OCH3 is 2. The van der Waals surface area contributed by atoms with Gasteiger partial charge in [0.15, 0.2) is 11.5 Å². The Morgan fingerprint density at radius 3 is 1.41 bits per heavy atom. The third kappa shape index (κ3) is 4.66. The first-order chi connectivity index (χ1) is 13.1. The van der Waals surface area contributed by atoms with Crippen molar-refractivity contribution in [2.75, 3.05) is 14.2 Å². The second-order valence-electron chi connectivity index (χ2n) is 5.62. The molecule has 1 heterocycles. The van der Waals surface area contributed by atoms with Crippen LogP contribution in [0.2, 0.25) is 0 Å². The molecule has 0 saturated carbocycles. The molecule has 1 aromatic heterocycles. The van der Waals surface area contributed by atoms with Gasteiger partial charge >= 0.3 is 0 Å². The topological polar surface area (TPSA) is 52.6 Å². The molecule has 7 heteroatoms. The zero-order valence-corrected chi connectivity index (χ0v) is 17.5. The molecular formula is C20H20O4S3. The third-order valence-corrected chi connectivity index (χ3v) is 8.12. The molecule has 0 N–H and O–H groups in total. The lowest BCUT2D eigenvalue weighted by Crippen LogP contribution is -1.98. The number of ether oxygens (including phenoxy) is 2. The average Bonchev–Trinajstić information content (AvgIpc) is 3.04. The lowest BCUT2D eigenvalue weighted by molar-refractivity contribution is 0.354. The highest BCUT2D eigenvalue weighted by atomic mass is 32.2. The summed E-state index contributed by atoms with van der Waals surface area (Å²) in [6.45, 7) is 0. The average molecular weight is 421 g/mol. The summed E-state index contributed by atoms with van der Waals surface area (Å²) >= 11 is 1.45. The van der Waals surface area contributed by atoms with Gasteiger partial charge in [-0.3, -0.25) is 8.42 Å². The van der Waals surface area contributed by atoms with Crippen molar-refractivity contribution in [3.8, 4) is 11.5 Å². The second-order valence-corrected chi connectivity index (χ2v) is 9.71. The van der Waals surface area contributed by atoms with E-state index in [2.05, 4.69) is 0 Å². The molecule has 0 fully saturated rings. The zero-order valence-electron chi connectivity index (χ0n) is 15.0. The van der Waals surface area contributed by atoms with E-state index in [4.69, 9.17) is 9.47 Å². The van der Waals surface area contributed by atoms with Crippen molar-refractivity contribution < 1.29 is 17.9 Å². The molecule has 0 aliphatic rings. The molecule has 3 rings (SSSR count). The lowest BCUT2D eigenvalue weighted by Gasteiger charge is -2.07. The fraction of sp³-hybridized carbons (Fsp3) is 0.200. The van der Waals surface area contributed by atoms with Crippen LogP contribution >= 0.6 is 11.3 Å². The lowest BCUT2D eigenvalue weighted by atomic mass is 10.4. The molecule has 3 aromatic rings. The summed E-state index contributed by atoms with van der Waals surface area (Å²) in [6, 6.07) is 18.7. The smallest absolute Gasteiger partial charge is 0.175 e. The first-order valence-corrected chi connectivity index (χ1v) is 11.7. The van der Waals surface area contributed by atoms with Gasteiger partial charge in [-0.15, -0.1) is 11.3 Å². The van der Waals surface area contributed by atoms with Crippen molar-refractivity contribution >= 4 is 32.9 Å². The van der Waals surface area contributed by atoms with Crippen LogP contribution in [0, 0.1) is 0 Å². The van der Waals surface area contributed by atoms with E-state index in [9.17, 15) is 8.42 Å². The molecule has 27 heavy (non-hydrogen) atoms. The standard InChI is InChI=1S/C20H20O4S3/c1-23-19-17(13-26(21)15-9-5-3-6-10-15)25-18(20(19)24-2)14-27(22)16-11-7-4-8-12-16/h3-12H,13-14H2,1-2H3. The van der Waals surface area contributed by atoms with Gasteiger partial charge in [0.25, 0.3) is 0 Å².